The van der Waals surface area contributed by atoms with E-state index in [0.717, 1.165) is 10.6 Å². The first-order chi connectivity index (χ1) is 11.9. The lowest BCUT2D eigenvalue weighted by atomic mass is 10.1. The lowest BCUT2D eigenvalue weighted by Gasteiger charge is -2.14. The number of rotatable bonds is 2. The maximum absolute atomic E-state index is 13.6. The summed E-state index contributed by atoms with van der Waals surface area (Å²) in [5.74, 6) is 0.818. The van der Waals surface area contributed by atoms with Gasteiger partial charge in [-0.15, -0.1) is 0 Å². The summed E-state index contributed by atoms with van der Waals surface area (Å²) in [4.78, 5) is 0. The maximum atomic E-state index is 13.6. The number of alkyl halides is 3. The highest BCUT2D eigenvalue weighted by Crippen LogP contribution is 2.40. The van der Waals surface area contributed by atoms with Crippen LogP contribution in [0, 0.1) is 0 Å². The summed E-state index contributed by atoms with van der Waals surface area (Å²) in [6, 6.07) is 11.3. The Kier molecular flexibility index (Phi) is 3.28. The van der Waals surface area contributed by atoms with E-state index >= 15 is 0 Å². The number of pyridine rings is 1. The van der Waals surface area contributed by atoms with E-state index in [1.54, 1.807) is 36.4 Å². The quantitative estimate of drug-likeness (QED) is 0.529. The third kappa shape index (κ3) is 2.26. The minimum absolute atomic E-state index is 0.372. The molecule has 0 amide bonds. The highest BCUT2D eigenvalue weighted by Gasteiger charge is 2.35. The fourth-order valence-electron chi connectivity index (χ4n) is 3.10. The van der Waals surface area contributed by atoms with Crippen molar-refractivity contribution in [3.63, 3.8) is 0 Å². The molecule has 0 aliphatic rings. The van der Waals surface area contributed by atoms with Crippen LogP contribution in [0.5, 0.6) is 11.5 Å². The number of fused-ring (bicyclic) bond motifs is 5. The molecule has 2 heterocycles. The molecule has 0 aliphatic carbocycles. The molecule has 0 bridgehead atoms. The summed E-state index contributed by atoms with van der Waals surface area (Å²) >= 11 is 0. The summed E-state index contributed by atoms with van der Waals surface area (Å²) in [7, 11) is 2.93. The van der Waals surface area contributed by atoms with Crippen LogP contribution >= 0.6 is 0 Å². The average Bonchev–Trinajstić information content (AvgIpc) is 2.98. The highest BCUT2D eigenvalue weighted by atomic mass is 19.4. The Labute approximate surface area is 140 Å². The van der Waals surface area contributed by atoms with Crippen molar-refractivity contribution in [3.8, 4) is 11.5 Å². The molecular formula is C18H13F3N2O2. The van der Waals surface area contributed by atoms with Crippen LogP contribution in [0.15, 0.2) is 42.5 Å². The molecule has 2 aromatic heterocycles. The second kappa shape index (κ2) is 5.27. The van der Waals surface area contributed by atoms with Crippen LogP contribution in [0.1, 0.15) is 5.69 Å². The lowest BCUT2D eigenvalue weighted by Crippen LogP contribution is -2.12. The Morgan fingerprint density at radius 3 is 2.28 bits per heavy atom. The molecule has 4 nitrogen and oxygen atoms in total. The van der Waals surface area contributed by atoms with Gasteiger partial charge in [-0.3, -0.25) is 0 Å². The van der Waals surface area contributed by atoms with Crippen LogP contribution in [0.3, 0.4) is 0 Å². The van der Waals surface area contributed by atoms with E-state index in [1.165, 1.54) is 14.2 Å². The van der Waals surface area contributed by atoms with E-state index in [2.05, 4.69) is 5.10 Å². The topological polar surface area (TPSA) is 35.8 Å². The van der Waals surface area contributed by atoms with Crippen LogP contribution in [0.4, 0.5) is 13.2 Å². The van der Waals surface area contributed by atoms with Gasteiger partial charge in [-0.2, -0.15) is 18.3 Å². The Morgan fingerprint density at radius 2 is 1.60 bits per heavy atom. The van der Waals surface area contributed by atoms with Gasteiger partial charge in [0.15, 0.2) is 11.5 Å². The molecule has 0 saturated heterocycles. The van der Waals surface area contributed by atoms with Gasteiger partial charge in [-0.1, -0.05) is 18.2 Å². The van der Waals surface area contributed by atoms with Crippen molar-refractivity contribution in [1.82, 2.24) is 9.61 Å². The largest absolute Gasteiger partial charge is 0.493 e. The van der Waals surface area contributed by atoms with Crippen LogP contribution in [-0.2, 0) is 6.18 Å². The fourth-order valence-corrected chi connectivity index (χ4v) is 3.10. The zero-order valence-electron chi connectivity index (χ0n) is 13.4. The minimum atomic E-state index is -4.54. The van der Waals surface area contributed by atoms with Crippen molar-refractivity contribution in [2.24, 2.45) is 0 Å². The maximum Gasteiger partial charge on any atom is 0.433 e. The molecule has 4 aromatic rings. The zero-order valence-corrected chi connectivity index (χ0v) is 13.4. The average molecular weight is 346 g/mol. The minimum Gasteiger partial charge on any atom is -0.493 e. The molecule has 0 atom stereocenters. The smallest absolute Gasteiger partial charge is 0.433 e. The van der Waals surface area contributed by atoms with Crippen LogP contribution in [0.25, 0.3) is 27.2 Å². The first-order valence-corrected chi connectivity index (χ1v) is 7.47. The number of ether oxygens (including phenoxy) is 2. The number of hydrogen-bond acceptors (Lipinski definition) is 3. The number of hydrogen-bond donors (Lipinski definition) is 0. The number of nitrogens with zero attached hydrogens (tertiary/aromatic N) is 2. The third-order valence-corrected chi connectivity index (χ3v) is 4.20. The molecule has 4 rings (SSSR count). The van der Waals surface area contributed by atoms with Gasteiger partial charge in [-0.05, 0) is 29.7 Å². The lowest BCUT2D eigenvalue weighted by molar-refractivity contribution is -0.142. The van der Waals surface area contributed by atoms with E-state index < -0.39 is 11.9 Å². The molecular weight excluding hydrogens is 333 g/mol. The van der Waals surface area contributed by atoms with Crippen molar-refractivity contribution in [2.75, 3.05) is 14.2 Å². The Bertz CT molecular complexity index is 1120. The van der Waals surface area contributed by atoms with E-state index in [0.29, 0.717) is 38.7 Å². The second-order valence-electron chi connectivity index (χ2n) is 5.60. The SMILES string of the molecule is COc1cc2cc(C(F)(F)F)n3nc4ccccc4c3c2cc1OC. The van der Waals surface area contributed by atoms with Crippen LogP contribution in [-0.4, -0.2) is 23.8 Å². The standard InChI is InChI=1S/C18H13F3N2O2/c1-24-14-7-10-8-16(18(19,20)21)23-17(12(10)9-15(14)25-2)11-5-3-4-6-13(11)22-23/h3-9H,1-2H3. The molecule has 0 radical (unpaired) electrons. The van der Waals surface area contributed by atoms with Crippen molar-refractivity contribution in [2.45, 2.75) is 6.18 Å². The molecule has 0 N–H and O–H groups in total. The van der Waals surface area contributed by atoms with E-state index in [-0.39, 0.29) is 0 Å². The molecule has 128 valence electrons. The summed E-state index contributed by atoms with van der Waals surface area (Å²) in [5, 5.41) is 5.81. The molecule has 0 fully saturated rings. The van der Waals surface area contributed by atoms with Gasteiger partial charge in [0.25, 0.3) is 0 Å². The highest BCUT2D eigenvalue weighted by molar-refractivity contribution is 6.10. The van der Waals surface area contributed by atoms with Gasteiger partial charge in [-0.25, -0.2) is 4.52 Å². The molecule has 25 heavy (non-hydrogen) atoms. The van der Waals surface area contributed by atoms with Gasteiger partial charge in [0, 0.05) is 10.8 Å². The summed E-state index contributed by atoms with van der Waals surface area (Å²) in [6.07, 6.45) is -4.54. The van der Waals surface area contributed by atoms with E-state index in [4.69, 9.17) is 9.47 Å². The first-order valence-electron chi connectivity index (χ1n) is 7.47. The molecule has 0 saturated carbocycles. The normalized spacial score (nSPS) is 12.2. The van der Waals surface area contributed by atoms with Crippen molar-refractivity contribution >= 4 is 27.2 Å². The predicted octanol–water partition coefficient (Wildman–Crippen LogP) is 4.68. The molecule has 2 aromatic carbocycles. The monoisotopic (exact) mass is 346 g/mol. The number of benzene rings is 2. The Hall–Kier alpha value is -2.96. The van der Waals surface area contributed by atoms with E-state index in [9.17, 15) is 13.2 Å². The Balaban J connectivity index is 2.27. The number of halogens is 3. The molecule has 0 spiro atoms. The fraction of sp³-hybridized carbons (Fsp3) is 0.167. The Morgan fingerprint density at radius 1 is 0.920 bits per heavy atom. The van der Waals surface area contributed by atoms with Gasteiger partial charge in [0.05, 0.1) is 25.3 Å². The van der Waals surface area contributed by atoms with Gasteiger partial charge in [0.1, 0.15) is 5.69 Å². The predicted molar refractivity (Wildman–Crippen MR) is 88.3 cm³/mol. The van der Waals surface area contributed by atoms with Gasteiger partial charge in [0.2, 0.25) is 0 Å². The summed E-state index contributed by atoms with van der Waals surface area (Å²) in [6.45, 7) is 0. The zero-order chi connectivity index (χ0) is 17.8. The van der Waals surface area contributed by atoms with Gasteiger partial charge >= 0.3 is 6.18 Å². The molecule has 7 heteroatoms. The third-order valence-electron chi connectivity index (χ3n) is 4.20. The van der Waals surface area contributed by atoms with Crippen LogP contribution < -0.4 is 9.47 Å². The van der Waals surface area contributed by atoms with Crippen molar-refractivity contribution in [1.29, 1.82) is 0 Å². The van der Waals surface area contributed by atoms with Crippen LogP contribution in [0.2, 0.25) is 0 Å². The van der Waals surface area contributed by atoms with Crippen molar-refractivity contribution < 1.29 is 22.6 Å². The van der Waals surface area contributed by atoms with Gasteiger partial charge < -0.3 is 9.47 Å². The second-order valence-corrected chi connectivity index (χ2v) is 5.60. The van der Waals surface area contributed by atoms with E-state index in [1.807, 2.05) is 0 Å². The van der Waals surface area contributed by atoms with Crippen molar-refractivity contribution in [3.05, 3.63) is 48.2 Å². The number of aromatic nitrogens is 2. The number of methoxy groups -OCH3 is 2. The summed E-state index contributed by atoms with van der Waals surface area (Å²) in [5.41, 5.74) is 0.0510. The summed E-state index contributed by atoms with van der Waals surface area (Å²) < 4.78 is 52.2. The first kappa shape index (κ1) is 15.6. The molecule has 0 unspecified atom stereocenters. The molecule has 0 aliphatic heterocycles.